The summed E-state index contributed by atoms with van der Waals surface area (Å²) in [4.78, 5) is 8.96. The highest BCUT2D eigenvalue weighted by Gasteiger charge is 2.07. The number of nitrogens with one attached hydrogen (secondary N) is 1. The Balaban J connectivity index is 2.30. The highest BCUT2D eigenvalue weighted by Crippen LogP contribution is 2.24. The molecule has 0 aliphatic rings. The molecule has 106 valence electrons. The van der Waals surface area contributed by atoms with Gasteiger partial charge in [-0.05, 0) is 30.4 Å². The van der Waals surface area contributed by atoms with Gasteiger partial charge < -0.3 is 5.32 Å². The molecule has 1 N–H and O–H groups in total. The Labute approximate surface area is 121 Å². The van der Waals surface area contributed by atoms with Gasteiger partial charge in [0, 0.05) is 18.3 Å². The third-order valence-corrected chi connectivity index (χ3v) is 3.36. The molecule has 0 fully saturated rings. The van der Waals surface area contributed by atoms with Crippen molar-refractivity contribution in [3.8, 4) is 11.3 Å². The maximum Gasteiger partial charge on any atom is 0.223 e. The zero-order valence-corrected chi connectivity index (χ0v) is 12.8. The van der Waals surface area contributed by atoms with Crippen molar-refractivity contribution >= 4 is 5.95 Å². The van der Waals surface area contributed by atoms with Crippen LogP contribution in [0.1, 0.15) is 44.2 Å². The molecule has 0 spiro atoms. The zero-order chi connectivity index (χ0) is 14.5. The van der Waals surface area contributed by atoms with Crippen molar-refractivity contribution in [2.75, 3.05) is 11.9 Å². The molecule has 0 unspecified atom stereocenters. The van der Waals surface area contributed by atoms with Gasteiger partial charge in [0.15, 0.2) is 0 Å². The minimum atomic E-state index is 0.553. The molecule has 0 amide bonds. The molecule has 2 aromatic rings. The molecule has 1 aromatic heterocycles. The normalized spacial score (nSPS) is 10.8. The summed E-state index contributed by atoms with van der Waals surface area (Å²) in [6.45, 7) is 9.49. The number of nitrogens with zero attached hydrogens (tertiary/aromatic N) is 2. The predicted octanol–water partition coefficient (Wildman–Crippen LogP) is 4.40. The van der Waals surface area contributed by atoms with Crippen LogP contribution in [0, 0.1) is 6.92 Å². The zero-order valence-electron chi connectivity index (χ0n) is 12.8. The Bertz CT molecular complexity index is 559. The van der Waals surface area contributed by atoms with E-state index in [2.05, 4.69) is 67.2 Å². The van der Waals surface area contributed by atoms with E-state index in [1.54, 1.807) is 0 Å². The lowest BCUT2D eigenvalue weighted by Crippen LogP contribution is -2.05. The predicted molar refractivity (Wildman–Crippen MR) is 85.1 cm³/mol. The largest absolute Gasteiger partial charge is 0.354 e. The molecule has 2 rings (SSSR count). The van der Waals surface area contributed by atoms with Crippen molar-refractivity contribution in [3.05, 3.63) is 41.6 Å². The molecule has 0 radical (unpaired) electrons. The van der Waals surface area contributed by atoms with Crippen molar-refractivity contribution in [1.29, 1.82) is 0 Å². The minimum Gasteiger partial charge on any atom is -0.354 e. The summed E-state index contributed by atoms with van der Waals surface area (Å²) < 4.78 is 0. The van der Waals surface area contributed by atoms with E-state index in [1.807, 2.05) is 6.20 Å². The molecular formula is C17H23N3. The quantitative estimate of drug-likeness (QED) is 0.874. The lowest BCUT2D eigenvalue weighted by atomic mass is 10.00. The Morgan fingerprint density at radius 1 is 1.15 bits per heavy atom. The van der Waals surface area contributed by atoms with Crippen LogP contribution in [0.5, 0.6) is 0 Å². The van der Waals surface area contributed by atoms with Gasteiger partial charge in [-0.1, -0.05) is 45.0 Å². The Kier molecular flexibility index (Phi) is 4.72. The van der Waals surface area contributed by atoms with Gasteiger partial charge in [-0.25, -0.2) is 9.97 Å². The van der Waals surface area contributed by atoms with Gasteiger partial charge in [0.05, 0.1) is 5.69 Å². The van der Waals surface area contributed by atoms with Crippen LogP contribution < -0.4 is 5.32 Å². The standard InChI is InChI=1S/C17H23N3/c1-5-10-18-17-19-11-13(4)16(20-17)15-8-6-14(7-9-15)12(2)3/h6-9,11-12H,5,10H2,1-4H3,(H,18,19,20). The lowest BCUT2D eigenvalue weighted by molar-refractivity contribution is 0.867. The monoisotopic (exact) mass is 269 g/mol. The molecule has 0 bridgehead atoms. The summed E-state index contributed by atoms with van der Waals surface area (Å²) in [7, 11) is 0. The van der Waals surface area contributed by atoms with Crippen molar-refractivity contribution in [2.45, 2.75) is 40.0 Å². The number of anilines is 1. The minimum absolute atomic E-state index is 0.553. The molecule has 3 nitrogen and oxygen atoms in total. The van der Waals surface area contributed by atoms with Crippen LogP contribution in [0.2, 0.25) is 0 Å². The number of aromatic nitrogens is 2. The average molecular weight is 269 g/mol. The van der Waals surface area contributed by atoms with E-state index in [0.29, 0.717) is 11.9 Å². The molecule has 0 aliphatic carbocycles. The highest BCUT2D eigenvalue weighted by molar-refractivity contribution is 5.64. The van der Waals surface area contributed by atoms with E-state index in [9.17, 15) is 0 Å². The topological polar surface area (TPSA) is 37.8 Å². The van der Waals surface area contributed by atoms with Gasteiger partial charge in [0.25, 0.3) is 0 Å². The van der Waals surface area contributed by atoms with E-state index >= 15 is 0 Å². The van der Waals surface area contributed by atoms with Gasteiger partial charge in [-0.3, -0.25) is 0 Å². The number of hydrogen-bond acceptors (Lipinski definition) is 3. The van der Waals surface area contributed by atoms with Crippen LogP contribution in [0.3, 0.4) is 0 Å². The smallest absolute Gasteiger partial charge is 0.223 e. The number of aryl methyl sites for hydroxylation is 1. The van der Waals surface area contributed by atoms with Crippen LogP contribution in [0.25, 0.3) is 11.3 Å². The van der Waals surface area contributed by atoms with Gasteiger partial charge in [-0.2, -0.15) is 0 Å². The van der Waals surface area contributed by atoms with E-state index in [-0.39, 0.29) is 0 Å². The summed E-state index contributed by atoms with van der Waals surface area (Å²) >= 11 is 0. The second kappa shape index (κ2) is 6.51. The van der Waals surface area contributed by atoms with Gasteiger partial charge in [-0.15, -0.1) is 0 Å². The summed E-state index contributed by atoms with van der Waals surface area (Å²) in [5.74, 6) is 1.26. The number of rotatable bonds is 5. The first-order valence-electron chi connectivity index (χ1n) is 7.29. The van der Waals surface area contributed by atoms with Crippen LogP contribution in [0.4, 0.5) is 5.95 Å². The SMILES string of the molecule is CCCNc1ncc(C)c(-c2ccc(C(C)C)cc2)n1. The molecule has 0 atom stereocenters. The molecule has 20 heavy (non-hydrogen) atoms. The third kappa shape index (κ3) is 3.35. The first kappa shape index (κ1) is 14.5. The third-order valence-electron chi connectivity index (χ3n) is 3.36. The number of hydrogen-bond donors (Lipinski definition) is 1. The Hall–Kier alpha value is -1.90. The van der Waals surface area contributed by atoms with Crippen molar-refractivity contribution in [1.82, 2.24) is 9.97 Å². The molecule has 1 heterocycles. The maximum absolute atomic E-state index is 4.63. The maximum atomic E-state index is 4.63. The van der Waals surface area contributed by atoms with E-state index < -0.39 is 0 Å². The Morgan fingerprint density at radius 3 is 2.45 bits per heavy atom. The molecule has 3 heteroatoms. The van der Waals surface area contributed by atoms with Gasteiger partial charge in [0.1, 0.15) is 0 Å². The van der Waals surface area contributed by atoms with Crippen LogP contribution in [-0.4, -0.2) is 16.5 Å². The summed E-state index contributed by atoms with van der Waals surface area (Å²) in [5, 5.41) is 3.24. The first-order chi connectivity index (χ1) is 9.61. The summed E-state index contributed by atoms with van der Waals surface area (Å²) in [6, 6.07) is 8.66. The first-order valence-corrected chi connectivity index (χ1v) is 7.29. The highest BCUT2D eigenvalue weighted by atomic mass is 15.1. The molecular weight excluding hydrogens is 246 g/mol. The Morgan fingerprint density at radius 2 is 1.85 bits per heavy atom. The second-order valence-corrected chi connectivity index (χ2v) is 5.43. The fourth-order valence-electron chi connectivity index (χ4n) is 2.08. The fourth-order valence-corrected chi connectivity index (χ4v) is 2.08. The van der Waals surface area contributed by atoms with Crippen molar-refractivity contribution < 1.29 is 0 Å². The average Bonchev–Trinajstić information content (AvgIpc) is 2.46. The van der Waals surface area contributed by atoms with Crippen LogP contribution in [0.15, 0.2) is 30.5 Å². The van der Waals surface area contributed by atoms with E-state index in [4.69, 9.17) is 0 Å². The van der Waals surface area contributed by atoms with Crippen molar-refractivity contribution in [3.63, 3.8) is 0 Å². The number of benzene rings is 1. The van der Waals surface area contributed by atoms with Crippen molar-refractivity contribution in [2.24, 2.45) is 0 Å². The summed E-state index contributed by atoms with van der Waals surface area (Å²) in [6.07, 6.45) is 2.95. The molecule has 0 saturated carbocycles. The fraction of sp³-hybridized carbons (Fsp3) is 0.412. The van der Waals surface area contributed by atoms with Gasteiger partial charge >= 0.3 is 0 Å². The van der Waals surface area contributed by atoms with E-state index in [1.165, 1.54) is 5.56 Å². The summed E-state index contributed by atoms with van der Waals surface area (Å²) in [5.41, 5.74) is 4.61. The van der Waals surface area contributed by atoms with Crippen LogP contribution >= 0.6 is 0 Å². The van der Waals surface area contributed by atoms with Crippen LogP contribution in [-0.2, 0) is 0 Å². The molecule has 0 aliphatic heterocycles. The van der Waals surface area contributed by atoms with E-state index in [0.717, 1.165) is 29.8 Å². The molecule has 0 saturated heterocycles. The van der Waals surface area contributed by atoms with Gasteiger partial charge in [0.2, 0.25) is 5.95 Å². The second-order valence-electron chi connectivity index (χ2n) is 5.43. The molecule has 1 aromatic carbocycles. The lowest BCUT2D eigenvalue weighted by Gasteiger charge is -2.10.